The van der Waals surface area contributed by atoms with Crippen molar-refractivity contribution in [2.24, 2.45) is 4.99 Å². The van der Waals surface area contributed by atoms with Gasteiger partial charge in [0.25, 0.3) is 5.91 Å². The van der Waals surface area contributed by atoms with Crippen LogP contribution in [0, 0.1) is 0 Å². The number of amidine groups is 1. The molecule has 43 heavy (non-hydrogen) atoms. The van der Waals surface area contributed by atoms with Crippen molar-refractivity contribution in [1.29, 1.82) is 0 Å². The van der Waals surface area contributed by atoms with Crippen LogP contribution in [0.4, 0.5) is 26.3 Å². The number of carbonyl (C=O) groups excluding carboxylic acids is 1. The molecule has 230 valence electrons. The minimum Gasteiger partial charge on any atom is -0.395 e. The maximum Gasteiger partial charge on any atom is 0.416 e. The Morgan fingerprint density at radius 3 is 2.42 bits per heavy atom. The molecule has 5 rings (SSSR count). The van der Waals surface area contributed by atoms with Gasteiger partial charge < -0.3 is 10.0 Å². The van der Waals surface area contributed by atoms with Crippen LogP contribution in [0.2, 0.25) is 0 Å². The molecule has 1 atom stereocenters. The summed E-state index contributed by atoms with van der Waals surface area (Å²) < 4.78 is 81.3. The molecule has 0 spiro atoms. The number of hydrogen-bond acceptors (Lipinski definition) is 6. The Bertz CT molecular complexity index is 1610. The fourth-order valence-electron chi connectivity index (χ4n) is 5.39. The number of piperazine rings is 1. The number of carbonyl (C=O) groups is 1. The van der Waals surface area contributed by atoms with Crippen molar-refractivity contribution >= 4 is 39.8 Å². The molecule has 1 N–H and O–H groups in total. The van der Waals surface area contributed by atoms with Crippen LogP contribution in [0.15, 0.2) is 52.5 Å². The zero-order valence-corrected chi connectivity index (χ0v) is 24.3. The molecular formula is C29H29F6N5O2S. The van der Waals surface area contributed by atoms with Crippen molar-refractivity contribution in [2.75, 3.05) is 26.2 Å². The standard InChI is InChI=1S/C29H29F6N5O2S/c1-27(2,3)39-9-8-38(15-21(39)16-41)26-37-25(42)24(43-26)11-17-4-7-23-19(10-17)13-36-40(23)14-18-5-6-20(28(30,31)32)12-22(18)29(33,34)35/h4-7,10-13,21,41H,8-9,14-16H2,1-3H3. The molecule has 1 fully saturated rings. The number of hydrogen-bond donors (Lipinski definition) is 1. The van der Waals surface area contributed by atoms with Gasteiger partial charge in [0.05, 0.1) is 46.9 Å². The van der Waals surface area contributed by atoms with E-state index in [1.165, 1.54) is 22.6 Å². The van der Waals surface area contributed by atoms with Crippen molar-refractivity contribution in [2.45, 2.75) is 51.2 Å². The van der Waals surface area contributed by atoms with E-state index in [1.807, 2.05) is 4.90 Å². The zero-order chi connectivity index (χ0) is 31.3. The molecular weight excluding hydrogens is 596 g/mol. The van der Waals surface area contributed by atoms with Gasteiger partial charge in [0.1, 0.15) is 0 Å². The molecule has 0 bridgehead atoms. The molecule has 1 amide bonds. The largest absolute Gasteiger partial charge is 0.416 e. The van der Waals surface area contributed by atoms with E-state index in [0.29, 0.717) is 52.2 Å². The van der Waals surface area contributed by atoms with Gasteiger partial charge in [-0.15, -0.1) is 0 Å². The van der Waals surface area contributed by atoms with Gasteiger partial charge in [-0.05, 0) is 74.0 Å². The number of halogens is 6. The van der Waals surface area contributed by atoms with Crippen molar-refractivity contribution in [3.8, 4) is 0 Å². The lowest BCUT2D eigenvalue weighted by molar-refractivity contribution is -0.143. The summed E-state index contributed by atoms with van der Waals surface area (Å²) in [6.45, 7) is 7.75. The smallest absolute Gasteiger partial charge is 0.395 e. The highest BCUT2D eigenvalue weighted by atomic mass is 32.2. The highest BCUT2D eigenvalue weighted by Gasteiger charge is 2.39. The van der Waals surface area contributed by atoms with Crippen molar-refractivity contribution in [3.63, 3.8) is 0 Å². The molecule has 3 aromatic rings. The number of alkyl halides is 6. The Hall–Kier alpha value is -3.36. The van der Waals surface area contributed by atoms with Gasteiger partial charge in [-0.25, -0.2) is 0 Å². The molecule has 2 aliphatic rings. The van der Waals surface area contributed by atoms with Gasteiger partial charge in [0.15, 0.2) is 5.17 Å². The van der Waals surface area contributed by atoms with E-state index < -0.39 is 29.4 Å². The number of rotatable bonds is 4. The molecule has 1 unspecified atom stereocenters. The fraction of sp³-hybridized carbons (Fsp3) is 0.414. The van der Waals surface area contributed by atoms with E-state index in [1.54, 1.807) is 24.3 Å². The monoisotopic (exact) mass is 625 g/mol. The van der Waals surface area contributed by atoms with Crippen LogP contribution in [0.5, 0.6) is 0 Å². The lowest BCUT2D eigenvalue weighted by Gasteiger charge is -2.47. The summed E-state index contributed by atoms with van der Waals surface area (Å²) in [4.78, 5) is 21.6. The average molecular weight is 626 g/mol. The van der Waals surface area contributed by atoms with Crippen LogP contribution in [0.1, 0.15) is 43.0 Å². The van der Waals surface area contributed by atoms with Crippen LogP contribution in [-0.2, 0) is 23.7 Å². The van der Waals surface area contributed by atoms with E-state index in [9.17, 15) is 36.2 Å². The van der Waals surface area contributed by atoms with Gasteiger partial charge in [-0.2, -0.15) is 36.4 Å². The lowest BCUT2D eigenvalue weighted by atomic mass is 10.0. The van der Waals surface area contributed by atoms with E-state index in [0.717, 1.165) is 6.07 Å². The Morgan fingerprint density at radius 1 is 1.02 bits per heavy atom. The number of aliphatic hydroxyl groups is 1. The van der Waals surface area contributed by atoms with Gasteiger partial charge >= 0.3 is 12.4 Å². The predicted molar refractivity (Wildman–Crippen MR) is 152 cm³/mol. The van der Waals surface area contributed by atoms with E-state index in [4.69, 9.17) is 0 Å². The third-order valence-corrected chi connectivity index (χ3v) is 8.51. The molecule has 0 saturated carbocycles. The first-order valence-electron chi connectivity index (χ1n) is 13.4. The molecule has 0 radical (unpaired) electrons. The second kappa shape index (κ2) is 11.3. The number of benzene rings is 2. The summed E-state index contributed by atoms with van der Waals surface area (Å²) in [7, 11) is 0. The molecule has 7 nitrogen and oxygen atoms in total. The quantitative estimate of drug-likeness (QED) is 0.289. The normalized spacial score (nSPS) is 20.0. The molecule has 0 aliphatic carbocycles. The number of nitrogens with zero attached hydrogens (tertiary/aromatic N) is 5. The third kappa shape index (κ3) is 6.60. The van der Waals surface area contributed by atoms with Crippen LogP contribution >= 0.6 is 11.8 Å². The SMILES string of the molecule is CC(C)(C)N1CCN(C2=NC(=O)C(=Cc3ccc4c(cnn4Cc4ccc(C(F)(F)F)cc4C(F)(F)F)c3)S2)CC1CO. The first kappa shape index (κ1) is 31.1. The van der Waals surface area contributed by atoms with E-state index in [-0.39, 0.29) is 36.4 Å². The average Bonchev–Trinajstić information content (AvgIpc) is 3.49. The van der Waals surface area contributed by atoms with Gasteiger partial charge in [-0.3, -0.25) is 14.4 Å². The zero-order valence-electron chi connectivity index (χ0n) is 23.5. The summed E-state index contributed by atoms with van der Waals surface area (Å²) in [5.41, 5.74) is -2.08. The Kier molecular flexibility index (Phi) is 8.16. The summed E-state index contributed by atoms with van der Waals surface area (Å²) >= 11 is 1.24. The van der Waals surface area contributed by atoms with Gasteiger partial charge in [-0.1, -0.05) is 12.1 Å². The minimum atomic E-state index is -4.98. The lowest BCUT2D eigenvalue weighted by Crippen LogP contribution is -2.61. The van der Waals surface area contributed by atoms with E-state index >= 15 is 0 Å². The Morgan fingerprint density at radius 2 is 1.77 bits per heavy atom. The summed E-state index contributed by atoms with van der Waals surface area (Å²) in [6.07, 6.45) is -6.77. The maximum atomic E-state index is 13.6. The highest BCUT2D eigenvalue weighted by Crippen LogP contribution is 2.38. The van der Waals surface area contributed by atoms with Crippen molar-refractivity contribution in [1.82, 2.24) is 19.6 Å². The molecule has 14 heteroatoms. The highest BCUT2D eigenvalue weighted by molar-refractivity contribution is 8.18. The molecule has 3 heterocycles. The molecule has 2 aromatic carbocycles. The number of thioether (sulfide) groups is 1. The number of aliphatic hydroxyl groups excluding tert-OH is 1. The van der Waals surface area contributed by atoms with E-state index in [2.05, 4.69) is 35.8 Å². The summed E-state index contributed by atoms with van der Waals surface area (Å²) in [6, 6.07) is 6.50. The fourth-order valence-corrected chi connectivity index (χ4v) is 6.34. The van der Waals surface area contributed by atoms with Crippen molar-refractivity contribution in [3.05, 3.63) is 69.8 Å². The number of aromatic nitrogens is 2. The van der Waals surface area contributed by atoms with Crippen LogP contribution in [-0.4, -0.2) is 73.6 Å². The first-order valence-corrected chi connectivity index (χ1v) is 14.2. The second-order valence-electron chi connectivity index (χ2n) is 11.4. The molecule has 2 aliphatic heterocycles. The maximum absolute atomic E-state index is 13.6. The Labute approximate surface area is 247 Å². The van der Waals surface area contributed by atoms with Crippen LogP contribution in [0.25, 0.3) is 17.0 Å². The number of amides is 1. The van der Waals surface area contributed by atoms with Gasteiger partial charge in [0.2, 0.25) is 0 Å². The topological polar surface area (TPSA) is 74.0 Å². The predicted octanol–water partition coefficient (Wildman–Crippen LogP) is 5.87. The minimum absolute atomic E-state index is 0.0214. The van der Waals surface area contributed by atoms with Crippen LogP contribution < -0.4 is 0 Å². The Balaban J connectivity index is 1.33. The third-order valence-electron chi connectivity index (χ3n) is 7.46. The number of aliphatic imine (C=N–C) groups is 1. The van der Waals surface area contributed by atoms with Crippen LogP contribution in [0.3, 0.4) is 0 Å². The summed E-state index contributed by atoms with van der Waals surface area (Å²) in [5, 5.41) is 15.3. The van der Waals surface area contributed by atoms with Gasteiger partial charge in [0, 0.05) is 30.6 Å². The second-order valence-corrected chi connectivity index (χ2v) is 12.5. The molecule has 1 saturated heterocycles. The summed E-state index contributed by atoms with van der Waals surface area (Å²) in [5.74, 6) is -0.392. The van der Waals surface area contributed by atoms with Crippen molar-refractivity contribution < 1.29 is 36.2 Å². The first-order chi connectivity index (χ1) is 20.0. The molecule has 1 aromatic heterocycles. The number of fused-ring (bicyclic) bond motifs is 1.